The highest BCUT2D eigenvalue weighted by molar-refractivity contribution is 6.36. The molecule has 33 heavy (non-hydrogen) atoms. The smallest absolute Gasteiger partial charge is 0.411 e. The summed E-state index contributed by atoms with van der Waals surface area (Å²) in [6, 6.07) is 11.3. The van der Waals surface area contributed by atoms with Crippen LogP contribution in [0.3, 0.4) is 0 Å². The van der Waals surface area contributed by atoms with E-state index >= 15 is 0 Å². The van der Waals surface area contributed by atoms with Crippen LogP contribution in [0.4, 0.5) is 5.69 Å². The maximum absolute atomic E-state index is 12.9. The number of nitrogens with one attached hydrogen (secondary N) is 1. The van der Waals surface area contributed by atoms with Crippen LogP contribution >= 0.6 is 23.2 Å². The SMILES string of the molecule is COC1=NC(NC(=O)c2ccc(Cl)cc2Cl)=C(C(=O)[O-])[N+]1(CC(C)C)c1cccc(OC)c1. The minimum Gasteiger partial charge on any atom is -0.540 e. The Kier molecular flexibility index (Phi) is 7.31. The molecule has 0 spiro atoms. The van der Waals surface area contributed by atoms with Gasteiger partial charge in [-0.05, 0) is 24.3 Å². The number of carbonyl (C=O) groups is 2. The third-order valence-corrected chi connectivity index (χ3v) is 5.60. The molecule has 3 rings (SSSR count). The number of benzene rings is 2. The molecule has 0 bridgehead atoms. The van der Waals surface area contributed by atoms with Crippen molar-refractivity contribution in [2.75, 3.05) is 20.8 Å². The van der Waals surface area contributed by atoms with Gasteiger partial charge in [-0.15, -0.1) is 4.99 Å². The Bertz CT molecular complexity index is 1160. The molecule has 0 radical (unpaired) electrons. The maximum Gasteiger partial charge on any atom is 0.411 e. The van der Waals surface area contributed by atoms with Crippen LogP contribution in [-0.2, 0) is 9.53 Å². The van der Waals surface area contributed by atoms with Crippen molar-refractivity contribution in [3.05, 3.63) is 69.6 Å². The molecule has 1 N–H and O–H groups in total. The first-order valence-corrected chi connectivity index (χ1v) is 10.8. The molecule has 0 saturated carbocycles. The number of methoxy groups -OCH3 is 2. The van der Waals surface area contributed by atoms with Gasteiger partial charge in [-0.1, -0.05) is 43.1 Å². The highest BCUT2D eigenvalue weighted by atomic mass is 35.5. The highest BCUT2D eigenvalue weighted by Gasteiger charge is 2.51. The quantitative estimate of drug-likeness (QED) is 0.598. The number of quaternary nitrogens is 1. The fraction of sp³-hybridized carbons (Fsp3) is 0.261. The molecular weight excluding hydrogens is 469 g/mol. The molecule has 1 amide bonds. The van der Waals surface area contributed by atoms with Gasteiger partial charge >= 0.3 is 6.02 Å². The van der Waals surface area contributed by atoms with Gasteiger partial charge in [0.1, 0.15) is 11.7 Å². The van der Waals surface area contributed by atoms with Crippen molar-refractivity contribution in [3.63, 3.8) is 0 Å². The number of nitrogens with zero attached hydrogens (tertiary/aromatic N) is 2. The second-order valence-corrected chi connectivity index (χ2v) is 8.59. The Morgan fingerprint density at radius 1 is 1.12 bits per heavy atom. The molecule has 0 fully saturated rings. The molecule has 10 heteroatoms. The van der Waals surface area contributed by atoms with Gasteiger partial charge in [0, 0.05) is 23.1 Å². The zero-order valence-corrected chi connectivity index (χ0v) is 20.0. The lowest BCUT2D eigenvalue weighted by atomic mass is 10.1. The summed E-state index contributed by atoms with van der Waals surface area (Å²) in [5.41, 5.74) is 0.361. The maximum atomic E-state index is 12.9. The molecule has 8 nitrogen and oxygen atoms in total. The van der Waals surface area contributed by atoms with E-state index in [1.807, 2.05) is 13.8 Å². The molecule has 2 aromatic rings. The summed E-state index contributed by atoms with van der Waals surface area (Å²) in [5.74, 6) is -1.84. The summed E-state index contributed by atoms with van der Waals surface area (Å²) < 4.78 is 10.5. The van der Waals surface area contributed by atoms with E-state index in [2.05, 4.69) is 10.3 Å². The zero-order chi connectivity index (χ0) is 24.3. The van der Waals surface area contributed by atoms with Crippen molar-refractivity contribution in [2.45, 2.75) is 13.8 Å². The minimum absolute atomic E-state index is 0.00617. The van der Waals surface area contributed by atoms with Crippen molar-refractivity contribution >= 4 is 46.8 Å². The van der Waals surface area contributed by atoms with Crippen LogP contribution in [0, 0.1) is 5.92 Å². The first kappa shape index (κ1) is 24.6. The molecule has 1 atom stereocenters. The molecule has 0 saturated heterocycles. The van der Waals surface area contributed by atoms with E-state index in [9.17, 15) is 14.7 Å². The van der Waals surface area contributed by atoms with Crippen LogP contribution in [0.5, 0.6) is 5.75 Å². The van der Waals surface area contributed by atoms with Crippen LogP contribution in [-0.4, -0.2) is 38.7 Å². The number of ether oxygens (including phenoxy) is 2. The number of carboxylic acid groups (broad SMARTS) is 1. The first-order chi connectivity index (χ1) is 15.6. The lowest BCUT2D eigenvalue weighted by Crippen LogP contribution is -2.58. The molecule has 0 aliphatic carbocycles. The van der Waals surface area contributed by atoms with Gasteiger partial charge < -0.3 is 24.7 Å². The molecule has 174 valence electrons. The van der Waals surface area contributed by atoms with Gasteiger partial charge in [0.25, 0.3) is 5.91 Å². The Balaban J connectivity index is 2.20. The Morgan fingerprint density at radius 2 is 1.85 bits per heavy atom. The number of rotatable bonds is 7. The largest absolute Gasteiger partial charge is 0.540 e. The molecule has 1 aliphatic rings. The van der Waals surface area contributed by atoms with E-state index in [0.717, 1.165) is 0 Å². The topological polar surface area (TPSA) is 100 Å². The third kappa shape index (κ3) is 4.68. The molecule has 1 aliphatic heterocycles. The number of halogens is 2. The molecule has 2 aromatic carbocycles. The van der Waals surface area contributed by atoms with Gasteiger partial charge in [0.15, 0.2) is 5.69 Å². The van der Waals surface area contributed by atoms with Gasteiger partial charge in [0.2, 0.25) is 11.5 Å². The number of carbonyl (C=O) groups excluding carboxylic acids is 2. The number of hydrogen-bond acceptors (Lipinski definition) is 6. The summed E-state index contributed by atoms with van der Waals surface area (Å²) in [6.45, 7) is 4.14. The highest BCUT2D eigenvalue weighted by Crippen LogP contribution is 2.39. The molecule has 0 aromatic heterocycles. The second-order valence-electron chi connectivity index (χ2n) is 7.75. The number of aliphatic imine (C=N–C) groups is 1. The second kappa shape index (κ2) is 9.82. The van der Waals surface area contributed by atoms with Crippen LogP contribution in [0.1, 0.15) is 24.2 Å². The average molecular weight is 492 g/mol. The third-order valence-electron chi connectivity index (χ3n) is 5.06. The summed E-state index contributed by atoms with van der Waals surface area (Å²) >= 11 is 12.1. The van der Waals surface area contributed by atoms with Crippen LogP contribution in [0.2, 0.25) is 10.0 Å². The minimum atomic E-state index is -1.51. The Labute approximate surface area is 201 Å². The van der Waals surface area contributed by atoms with Gasteiger partial charge in [-0.25, -0.2) is 0 Å². The van der Waals surface area contributed by atoms with Crippen molar-refractivity contribution in [2.24, 2.45) is 10.9 Å². The van der Waals surface area contributed by atoms with E-state index in [1.54, 1.807) is 24.3 Å². The first-order valence-electron chi connectivity index (χ1n) is 10.0. The fourth-order valence-electron chi connectivity index (χ4n) is 3.81. The van der Waals surface area contributed by atoms with Crippen LogP contribution in [0.15, 0.2) is 59.0 Å². The fourth-order valence-corrected chi connectivity index (χ4v) is 4.30. The number of carboxylic acids is 1. The van der Waals surface area contributed by atoms with Crippen molar-refractivity contribution in [1.29, 1.82) is 0 Å². The molecule has 1 unspecified atom stereocenters. The van der Waals surface area contributed by atoms with Gasteiger partial charge in [0.05, 0.1) is 31.4 Å². The van der Waals surface area contributed by atoms with E-state index in [4.69, 9.17) is 32.7 Å². The van der Waals surface area contributed by atoms with Crippen molar-refractivity contribution in [1.82, 2.24) is 9.80 Å². The lowest BCUT2D eigenvalue weighted by molar-refractivity contribution is -0.300. The monoisotopic (exact) mass is 491 g/mol. The van der Waals surface area contributed by atoms with E-state index in [-0.39, 0.29) is 40.6 Å². The lowest BCUT2D eigenvalue weighted by Gasteiger charge is -2.36. The van der Waals surface area contributed by atoms with Crippen molar-refractivity contribution in [3.8, 4) is 5.75 Å². The number of hydrogen-bond donors (Lipinski definition) is 1. The molecular formula is C23H23Cl2N3O5. The Morgan fingerprint density at radius 3 is 2.42 bits per heavy atom. The number of amides is 1. The molecule has 1 heterocycles. The van der Waals surface area contributed by atoms with E-state index in [0.29, 0.717) is 16.5 Å². The number of aliphatic carboxylic acids is 1. The van der Waals surface area contributed by atoms with E-state index in [1.165, 1.54) is 32.4 Å². The Hall–Kier alpha value is -3.07. The summed E-state index contributed by atoms with van der Waals surface area (Å²) in [4.78, 5) is 29.8. The van der Waals surface area contributed by atoms with Crippen molar-refractivity contribution < 1.29 is 24.2 Å². The summed E-state index contributed by atoms with van der Waals surface area (Å²) in [6.07, 6.45) is 0. The predicted octanol–water partition coefficient (Wildman–Crippen LogP) is 3.33. The van der Waals surface area contributed by atoms with Crippen LogP contribution in [0.25, 0.3) is 0 Å². The normalized spacial score (nSPS) is 17.7. The predicted molar refractivity (Wildman–Crippen MR) is 125 cm³/mol. The van der Waals surface area contributed by atoms with Crippen LogP contribution < -0.4 is 19.6 Å². The van der Waals surface area contributed by atoms with E-state index < -0.39 is 16.4 Å². The number of amidine groups is 1. The summed E-state index contributed by atoms with van der Waals surface area (Å²) in [5, 5.41) is 15.5. The zero-order valence-electron chi connectivity index (χ0n) is 18.5. The van der Waals surface area contributed by atoms with Gasteiger partial charge in [-0.2, -0.15) is 4.48 Å². The standard InChI is InChI=1S/C23H23Cl2N3O5/c1-13(2)12-28(15-6-5-7-16(11-15)32-3)19(22(30)31)20(27-23(28)33-4)26-21(29)17-9-8-14(24)10-18(17)25/h5-11,13H,12H2,1-4H3,(H-,26,29,30,31). The average Bonchev–Trinajstić information content (AvgIpc) is 3.06. The summed E-state index contributed by atoms with van der Waals surface area (Å²) in [7, 11) is 2.90. The van der Waals surface area contributed by atoms with Gasteiger partial charge in [-0.3, -0.25) is 4.79 Å².